The molecule has 0 spiro atoms. The Bertz CT molecular complexity index is 238. The van der Waals surface area contributed by atoms with Crippen molar-refractivity contribution in [1.29, 1.82) is 0 Å². The van der Waals surface area contributed by atoms with Crippen LogP contribution in [0.1, 0.15) is 0 Å². The van der Waals surface area contributed by atoms with E-state index in [1.807, 2.05) is 0 Å². The van der Waals surface area contributed by atoms with Gasteiger partial charge in [0.1, 0.15) is 0 Å². The molecular formula is C21H57Mn2N6O3. The van der Waals surface area contributed by atoms with Crippen LogP contribution in [-0.2, 0) is 34.1 Å². The molecule has 1 radical (unpaired) electrons. The van der Waals surface area contributed by atoms with Crippen molar-refractivity contribution >= 4 is 0 Å². The average molecular weight is 552 g/mol. The van der Waals surface area contributed by atoms with Gasteiger partial charge in [0, 0.05) is 95.6 Å². The van der Waals surface area contributed by atoms with E-state index in [0.29, 0.717) is 0 Å². The van der Waals surface area contributed by atoms with Crippen molar-refractivity contribution in [3.63, 3.8) is 0 Å². The summed E-state index contributed by atoms with van der Waals surface area (Å²) >= 11 is 0. The summed E-state index contributed by atoms with van der Waals surface area (Å²) in [5.74, 6) is 0. The summed E-state index contributed by atoms with van der Waals surface area (Å²) in [6, 6.07) is 0. The minimum atomic E-state index is 0. The first kappa shape index (κ1) is 53.8. The van der Waals surface area contributed by atoms with Crippen molar-refractivity contribution < 1.29 is 50.6 Å². The predicted molar refractivity (Wildman–Crippen MR) is 135 cm³/mol. The van der Waals surface area contributed by atoms with Gasteiger partial charge in [-0.1, -0.05) is 0 Å². The topological polar surface area (TPSA) is 114 Å². The van der Waals surface area contributed by atoms with Gasteiger partial charge in [-0.2, -0.15) is 0 Å². The van der Waals surface area contributed by atoms with Gasteiger partial charge in [-0.3, -0.25) is 0 Å². The number of hydrogen-bond acceptors (Lipinski definition) is 6. The van der Waals surface area contributed by atoms with E-state index in [-0.39, 0.29) is 72.8 Å². The van der Waals surface area contributed by atoms with Gasteiger partial charge in [0.2, 0.25) is 0 Å². The van der Waals surface area contributed by atoms with Gasteiger partial charge >= 0.3 is 17.1 Å². The molecule has 6 N–H and O–H groups in total. The molecule has 0 atom stereocenters. The molecule has 0 saturated carbocycles. The maximum absolute atomic E-state index is 2.40. The van der Waals surface area contributed by atoms with Crippen LogP contribution in [0, 0.1) is 22.3 Å². The predicted octanol–water partition coefficient (Wildman–Crippen LogP) is -1.54. The maximum atomic E-state index is 2.40. The van der Waals surface area contributed by atoms with Gasteiger partial charge in [0.15, 0.2) is 0 Å². The van der Waals surface area contributed by atoms with Crippen LogP contribution < -0.4 is 0 Å². The molecule has 2 fully saturated rings. The number of nitrogens with zero attached hydrogens (tertiary/aromatic N) is 6. The monoisotopic (exact) mass is 551 g/mol. The van der Waals surface area contributed by atoms with Crippen LogP contribution in [-0.4, -0.2) is 167 Å². The summed E-state index contributed by atoms with van der Waals surface area (Å²) < 4.78 is 0. The molecule has 0 bridgehead atoms. The SMILES string of the molecule is CN1CCN(C)CCN(C)CC1.CN1CCN(C)CCN(C)CC1.O.O.O.[CH3-].[CH3-].[CH3-].[Mn+3].[Mn]. The quantitative estimate of drug-likeness (QED) is 0.267. The molecule has 0 aromatic heterocycles. The van der Waals surface area contributed by atoms with E-state index < -0.39 is 0 Å². The third kappa shape index (κ3) is 28.7. The van der Waals surface area contributed by atoms with Gasteiger partial charge in [-0.25, -0.2) is 0 Å². The molecule has 0 aliphatic carbocycles. The van der Waals surface area contributed by atoms with Crippen LogP contribution in [0.15, 0.2) is 0 Å². The van der Waals surface area contributed by atoms with E-state index in [1.165, 1.54) is 78.5 Å². The van der Waals surface area contributed by atoms with Gasteiger partial charge in [0.25, 0.3) is 0 Å². The van der Waals surface area contributed by atoms with Crippen molar-refractivity contribution in [3.05, 3.63) is 22.3 Å². The first-order valence-corrected chi connectivity index (χ1v) is 9.48. The number of hydrogen-bond donors (Lipinski definition) is 0. The Morgan fingerprint density at radius 1 is 0.312 bits per heavy atom. The smallest absolute Gasteiger partial charge is 0.412 e. The van der Waals surface area contributed by atoms with E-state index in [2.05, 4.69) is 71.7 Å². The fraction of sp³-hybridized carbons (Fsp3) is 0.857. The second-order valence-electron chi connectivity index (χ2n) is 7.82. The van der Waals surface area contributed by atoms with Crippen LogP contribution >= 0.6 is 0 Å². The zero-order chi connectivity index (χ0) is 17.9. The van der Waals surface area contributed by atoms with E-state index in [1.54, 1.807) is 0 Å². The van der Waals surface area contributed by atoms with Crippen molar-refractivity contribution in [2.45, 2.75) is 0 Å². The van der Waals surface area contributed by atoms with Crippen molar-refractivity contribution in [2.24, 2.45) is 0 Å². The van der Waals surface area contributed by atoms with Crippen LogP contribution in [0.5, 0.6) is 0 Å². The minimum absolute atomic E-state index is 0. The van der Waals surface area contributed by atoms with E-state index in [0.717, 1.165) is 0 Å². The third-order valence-corrected chi connectivity index (χ3v) is 5.18. The molecule has 9 nitrogen and oxygen atoms in total. The summed E-state index contributed by atoms with van der Waals surface area (Å²) in [7, 11) is 13.2. The Morgan fingerprint density at radius 3 is 0.438 bits per heavy atom. The van der Waals surface area contributed by atoms with Crippen molar-refractivity contribution in [2.75, 3.05) is 121 Å². The first-order valence-electron chi connectivity index (χ1n) is 9.48. The molecule has 0 aromatic carbocycles. The zero-order valence-corrected chi connectivity index (χ0v) is 24.8. The second kappa shape index (κ2) is 31.7. The van der Waals surface area contributed by atoms with Crippen LogP contribution in [0.4, 0.5) is 0 Å². The molecule has 2 aliphatic rings. The van der Waals surface area contributed by atoms with E-state index in [4.69, 9.17) is 0 Å². The largest absolute Gasteiger partial charge is 3.00 e. The molecule has 2 saturated heterocycles. The van der Waals surface area contributed by atoms with Gasteiger partial charge in [-0.05, 0) is 42.3 Å². The molecule has 2 heterocycles. The second-order valence-corrected chi connectivity index (χ2v) is 7.82. The van der Waals surface area contributed by atoms with Crippen LogP contribution in [0.3, 0.4) is 0 Å². The van der Waals surface area contributed by atoms with Gasteiger partial charge < -0.3 is 68.1 Å². The minimum Gasteiger partial charge on any atom is -0.412 e. The molecule has 0 amide bonds. The Morgan fingerprint density at radius 2 is 0.375 bits per heavy atom. The van der Waals surface area contributed by atoms with Crippen LogP contribution in [0.25, 0.3) is 0 Å². The molecule has 2 aliphatic heterocycles. The number of rotatable bonds is 0. The Balaban J connectivity index is -0.0000000480. The normalized spacial score (nSPS) is 19.7. The number of likely N-dealkylation sites (N-methyl/N-ethyl adjacent to an activating group) is 6. The molecule has 32 heavy (non-hydrogen) atoms. The molecule has 203 valence electrons. The average Bonchev–Trinajstić information content (AvgIpc) is 2.68. The first-order chi connectivity index (χ1) is 11.4. The summed E-state index contributed by atoms with van der Waals surface area (Å²) in [4.78, 5) is 14.4. The fourth-order valence-electron chi connectivity index (χ4n) is 2.72. The zero-order valence-electron chi connectivity index (χ0n) is 22.4. The molecule has 0 aromatic rings. The standard InChI is InChI=1S/2C9H21N3.3CH3.2Mn.3H2O/c2*1-10-4-6-11(2)8-9-12(3)7-5-10;;;;;;;;/h2*4-9H2,1-3H3;3*1H3;;;3*1H2/q;;3*-1;;+3;;;. The van der Waals surface area contributed by atoms with E-state index in [9.17, 15) is 0 Å². The van der Waals surface area contributed by atoms with E-state index >= 15 is 0 Å². The molecule has 2 rings (SSSR count). The maximum Gasteiger partial charge on any atom is 3.00 e. The summed E-state index contributed by atoms with van der Waals surface area (Å²) in [6.07, 6.45) is 0. The third-order valence-electron chi connectivity index (χ3n) is 5.18. The van der Waals surface area contributed by atoms with Crippen molar-refractivity contribution in [1.82, 2.24) is 29.4 Å². The molecule has 11 heteroatoms. The summed E-state index contributed by atoms with van der Waals surface area (Å²) in [5.41, 5.74) is 0. The fourth-order valence-corrected chi connectivity index (χ4v) is 2.72. The molecule has 0 unspecified atom stereocenters. The van der Waals surface area contributed by atoms with Crippen LogP contribution in [0.2, 0.25) is 0 Å². The Kier molecular flexibility index (Phi) is 53.3. The Labute approximate surface area is 222 Å². The molecular weight excluding hydrogens is 494 g/mol. The van der Waals surface area contributed by atoms with Crippen molar-refractivity contribution in [3.8, 4) is 0 Å². The summed E-state index contributed by atoms with van der Waals surface area (Å²) in [6.45, 7) is 14.4. The van der Waals surface area contributed by atoms with Gasteiger partial charge in [-0.15, -0.1) is 0 Å². The Hall–Kier alpha value is 0.679. The van der Waals surface area contributed by atoms with Gasteiger partial charge in [0.05, 0.1) is 0 Å². The summed E-state index contributed by atoms with van der Waals surface area (Å²) in [5, 5.41) is 0.